The van der Waals surface area contributed by atoms with Gasteiger partial charge in [-0.15, -0.1) is 0 Å². The lowest BCUT2D eigenvalue weighted by Crippen LogP contribution is -2.66. The third-order valence-electron chi connectivity index (χ3n) is 7.15. The molecule has 0 radical (unpaired) electrons. The van der Waals surface area contributed by atoms with E-state index in [0.29, 0.717) is 13.0 Å². The number of carbonyl (C=O) groups is 1. The topological polar surface area (TPSA) is 70.8 Å². The summed E-state index contributed by atoms with van der Waals surface area (Å²) in [4.78, 5) is 21.4. The Bertz CT molecular complexity index is 1150. The third-order valence-corrected chi connectivity index (χ3v) is 7.15. The van der Waals surface area contributed by atoms with E-state index in [1.807, 2.05) is 37.3 Å². The quantitative estimate of drug-likeness (QED) is 0.669. The number of rotatable bonds is 5. The van der Waals surface area contributed by atoms with Crippen LogP contribution in [-0.4, -0.2) is 63.7 Å². The first kappa shape index (κ1) is 21.0. The molecule has 1 fully saturated rings. The summed E-state index contributed by atoms with van der Waals surface area (Å²) in [6.07, 6.45) is 4.09. The molecule has 4 heterocycles. The number of carbonyl (C=O) groups excluding carboxylic acids is 1. The number of hydrogen-bond acceptors (Lipinski definition) is 5. The van der Waals surface area contributed by atoms with Crippen molar-refractivity contribution in [2.24, 2.45) is 7.05 Å². The fraction of sp³-hybridized carbons (Fsp3) is 0.440. The highest BCUT2D eigenvalue weighted by atomic mass is 16.5. The summed E-state index contributed by atoms with van der Waals surface area (Å²) in [7, 11) is 3.71. The van der Waals surface area contributed by atoms with Crippen molar-refractivity contribution in [3.05, 3.63) is 59.5 Å². The van der Waals surface area contributed by atoms with Crippen molar-refractivity contribution in [3.8, 4) is 5.75 Å². The van der Waals surface area contributed by atoms with E-state index >= 15 is 0 Å². The van der Waals surface area contributed by atoms with Crippen LogP contribution in [0.25, 0.3) is 10.9 Å². The number of aliphatic hydroxyl groups is 1. The third kappa shape index (κ3) is 3.11. The maximum Gasteiger partial charge on any atom is 0.222 e. The fourth-order valence-corrected chi connectivity index (χ4v) is 5.75. The van der Waals surface area contributed by atoms with Crippen LogP contribution in [0.1, 0.15) is 36.2 Å². The summed E-state index contributed by atoms with van der Waals surface area (Å²) in [5, 5.41) is 11.6. The van der Waals surface area contributed by atoms with Gasteiger partial charge < -0.3 is 19.3 Å². The van der Waals surface area contributed by atoms with Crippen molar-refractivity contribution in [3.63, 3.8) is 0 Å². The van der Waals surface area contributed by atoms with Crippen molar-refractivity contribution in [1.82, 2.24) is 19.4 Å². The number of fused-ring (bicyclic) bond motifs is 4. The van der Waals surface area contributed by atoms with Gasteiger partial charge in [0.05, 0.1) is 25.3 Å². The van der Waals surface area contributed by atoms with Gasteiger partial charge in [0.25, 0.3) is 0 Å². The molecule has 2 aliphatic rings. The van der Waals surface area contributed by atoms with Crippen LogP contribution in [0.4, 0.5) is 0 Å². The molecule has 1 N–H and O–H groups in total. The average molecular weight is 435 g/mol. The van der Waals surface area contributed by atoms with E-state index in [1.165, 1.54) is 16.5 Å². The molecule has 2 aliphatic heterocycles. The summed E-state index contributed by atoms with van der Waals surface area (Å²) in [5.74, 6) is 0.893. The van der Waals surface area contributed by atoms with Gasteiger partial charge in [-0.05, 0) is 35.4 Å². The monoisotopic (exact) mass is 434 g/mol. The molecule has 0 bridgehead atoms. The largest absolute Gasteiger partial charge is 0.497 e. The lowest BCUT2D eigenvalue weighted by Gasteiger charge is -2.56. The Morgan fingerprint density at radius 1 is 1.22 bits per heavy atom. The zero-order valence-electron chi connectivity index (χ0n) is 18.9. The summed E-state index contributed by atoms with van der Waals surface area (Å²) < 4.78 is 7.62. The minimum absolute atomic E-state index is 0.0865. The van der Waals surface area contributed by atoms with E-state index in [0.717, 1.165) is 36.6 Å². The van der Waals surface area contributed by atoms with Gasteiger partial charge in [0.2, 0.25) is 5.91 Å². The predicted octanol–water partition coefficient (Wildman–Crippen LogP) is 2.62. The van der Waals surface area contributed by atoms with Crippen molar-refractivity contribution in [2.75, 3.05) is 33.4 Å². The number of aliphatic hydroxyl groups excluding tert-OH is 1. The lowest BCUT2D eigenvalue weighted by molar-refractivity contribution is -0.138. The van der Waals surface area contributed by atoms with Crippen LogP contribution in [0.5, 0.6) is 5.75 Å². The SMILES string of the molecule is CCC(=O)N1CC2(CN(Cc3ccncc3)C2)c2c(n(C)c3cc(OC)ccc23)[C@H]1CO. The highest BCUT2D eigenvalue weighted by molar-refractivity contribution is 5.90. The maximum absolute atomic E-state index is 12.9. The number of hydrogen-bond donors (Lipinski definition) is 1. The number of aryl methyl sites for hydroxylation is 1. The zero-order chi connectivity index (χ0) is 22.5. The number of nitrogens with zero attached hydrogens (tertiary/aromatic N) is 4. The second-order valence-electron chi connectivity index (χ2n) is 9.06. The van der Waals surface area contributed by atoms with Crippen LogP contribution in [-0.2, 0) is 23.8 Å². The molecule has 1 amide bonds. The second-order valence-corrected chi connectivity index (χ2v) is 9.06. The highest BCUT2D eigenvalue weighted by Gasteiger charge is 2.53. The Balaban J connectivity index is 1.60. The Kier molecular flexibility index (Phi) is 5.18. The van der Waals surface area contributed by atoms with Gasteiger partial charge in [0.15, 0.2) is 0 Å². The summed E-state index contributed by atoms with van der Waals surface area (Å²) in [5.41, 5.74) is 4.50. The normalized spacial score (nSPS) is 19.8. The van der Waals surface area contributed by atoms with Gasteiger partial charge in [-0.25, -0.2) is 0 Å². The van der Waals surface area contributed by atoms with Gasteiger partial charge in [0.1, 0.15) is 5.75 Å². The van der Waals surface area contributed by atoms with Crippen LogP contribution in [0.2, 0.25) is 0 Å². The van der Waals surface area contributed by atoms with Gasteiger partial charge in [-0.2, -0.15) is 0 Å². The molecule has 1 spiro atoms. The molecule has 0 saturated carbocycles. The zero-order valence-corrected chi connectivity index (χ0v) is 18.9. The van der Waals surface area contributed by atoms with Gasteiger partial charge in [-0.1, -0.05) is 6.92 Å². The van der Waals surface area contributed by atoms with Gasteiger partial charge in [0, 0.05) is 74.6 Å². The first-order valence-corrected chi connectivity index (χ1v) is 11.2. The Hall–Kier alpha value is -2.90. The number of amides is 1. The van der Waals surface area contributed by atoms with E-state index in [2.05, 4.69) is 38.7 Å². The molecule has 5 rings (SSSR count). The van der Waals surface area contributed by atoms with E-state index in [-0.39, 0.29) is 24.0 Å². The Morgan fingerprint density at radius 3 is 2.62 bits per heavy atom. The molecule has 7 heteroatoms. The van der Waals surface area contributed by atoms with E-state index in [9.17, 15) is 9.90 Å². The van der Waals surface area contributed by atoms with Crippen molar-refractivity contribution in [1.29, 1.82) is 0 Å². The van der Waals surface area contributed by atoms with E-state index in [1.54, 1.807) is 7.11 Å². The van der Waals surface area contributed by atoms with E-state index in [4.69, 9.17) is 4.74 Å². The average Bonchev–Trinajstić information content (AvgIpc) is 3.10. The highest BCUT2D eigenvalue weighted by Crippen LogP contribution is 2.50. The van der Waals surface area contributed by atoms with Crippen LogP contribution in [0.15, 0.2) is 42.7 Å². The van der Waals surface area contributed by atoms with Crippen LogP contribution in [0.3, 0.4) is 0 Å². The molecule has 32 heavy (non-hydrogen) atoms. The number of aromatic nitrogens is 2. The molecule has 7 nitrogen and oxygen atoms in total. The summed E-state index contributed by atoms with van der Waals surface area (Å²) >= 11 is 0. The van der Waals surface area contributed by atoms with Gasteiger partial charge >= 0.3 is 0 Å². The molecule has 0 unspecified atom stereocenters. The van der Waals surface area contributed by atoms with E-state index < -0.39 is 0 Å². The Morgan fingerprint density at radius 2 is 1.97 bits per heavy atom. The lowest BCUT2D eigenvalue weighted by atomic mass is 9.68. The minimum atomic E-state index is -0.333. The number of benzene rings is 1. The fourth-order valence-electron chi connectivity index (χ4n) is 5.75. The summed E-state index contributed by atoms with van der Waals surface area (Å²) in [6, 6.07) is 9.95. The Labute approximate surface area is 188 Å². The smallest absolute Gasteiger partial charge is 0.222 e. The molecular weight excluding hydrogens is 404 g/mol. The maximum atomic E-state index is 12.9. The van der Waals surface area contributed by atoms with Crippen molar-refractivity contribution < 1.29 is 14.6 Å². The molecule has 0 aliphatic carbocycles. The van der Waals surface area contributed by atoms with Crippen LogP contribution in [0, 0.1) is 0 Å². The molecule has 168 valence electrons. The molecule has 3 aromatic rings. The van der Waals surface area contributed by atoms with Gasteiger partial charge in [-0.3, -0.25) is 14.7 Å². The molecule has 1 aromatic carbocycles. The minimum Gasteiger partial charge on any atom is -0.497 e. The number of likely N-dealkylation sites (tertiary alicyclic amines) is 1. The predicted molar refractivity (Wildman–Crippen MR) is 122 cm³/mol. The van der Waals surface area contributed by atoms with Crippen molar-refractivity contribution >= 4 is 16.8 Å². The van der Waals surface area contributed by atoms with Crippen LogP contribution >= 0.6 is 0 Å². The van der Waals surface area contributed by atoms with Crippen LogP contribution < -0.4 is 4.74 Å². The first-order valence-electron chi connectivity index (χ1n) is 11.2. The number of methoxy groups -OCH3 is 1. The standard InChI is InChI=1S/C25H30N4O3/c1-4-22(31)29-16-25(14-28(15-25)12-17-7-9-26-10-8-17)23-19-6-5-18(32-3)11-20(19)27(2)24(23)21(29)13-30/h5-11,21,30H,4,12-16H2,1-3H3/t21-/m1/s1. The summed E-state index contributed by atoms with van der Waals surface area (Å²) in [6.45, 7) is 5.05. The molecule has 1 saturated heterocycles. The second kappa shape index (κ2) is 7.90. The number of pyridine rings is 1. The number of ether oxygens (including phenoxy) is 1. The first-order chi connectivity index (χ1) is 15.5. The molecular formula is C25H30N4O3. The van der Waals surface area contributed by atoms with Crippen molar-refractivity contribution in [2.45, 2.75) is 31.3 Å². The molecule has 2 aromatic heterocycles. The molecule has 1 atom stereocenters.